The van der Waals surface area contributed by atoms with Crippen LogP contribution < -0.4 is 9.60 Å². The Balaban J connectivity index is 2.28. The van der Waals surface area contributed by atoms with E-state index in [9.17, 15) is 13.2 Å². The largest absolute Gasteiger partial charge is 0.347 e. The number of thiazole rings is 1. The van der Waals surface area contributed by atoms with Crippen molar-refractivity contribution in [2.75, 3.05) is 0 Å². The summed E-state index contributed by atoms with van der Waals surface area (Å²) >= 11 is 0.668. The Morgan fingerprint density at radius 2 is 2.22 bits per heavy atom. The number of aromatic nitrogens is 3. The fourth-order valence-corrected chi connectivity index (χ4v) is 4.03. The monoisotopic (exact) mass is 288 g/mol. The van der Waals surface area contributed by atoms with Gasteiger partial charge in [-0.2, -0.15) is 0 Å². The number of hydrogen-bond acceptors (Lipinski definition) is 5. The number of nitrogens with one attached hydrogen (secondary N) is 3. The molecule has 7 nitrogen and oxygen atoms in total. The summed E-state index contributed by atoms with van der Waals surface area (Å²) in [5.74, 6) is 0.513. The topological polar surface area (TPSA) is 108 Å². The molecule has 0 amide bonds. The molecular formula is C9H12N4O3S2. The van der Waals surface area contributed by atoms with Crippen LogP contribution in [0.3, 0.4) is 0 Å². The maximum absolute atomic E-state index is 12.1. The lowest BCUT2D eigenvalue weighted by Gasteiger charge is -2.11. The third-order valence-corrected chi connectivity index (χ3v) is 5.43. The molecule has 0 aromatic carbocycles. The van der Waals surface area contributed by atoms with E-state index in [1.54, 1.807) is 26.2 Å². The van der Waals surface area contributed by atoms with E-state index in [1.807, 2.05) is 0 Å². The molecule has 3 N–H and O–H groups in total. The molecule has 2 heterocycles. The normalized spacial score (nSPS) is 13.7. The van der Waals surface area contributed by atoms with E-state index in [0.29, 0.717) is 22.9 Å². The Hall–Kier alpha value is -1.45. The van der Waals surface area contributed by atoms with E-state index < -0.39 is 20.9 Å². The molecule has 98 valence electrons. The van der Waals surface area contributed by atoms with Gasteiger partial charge in [0.1, 0.15) is 5.82 Å². The van der Waals surface area contributed by atoms with Gasteiger partial charge in [0.05, 0.1) is 6.04 Å². The van der Waals surface area contributed by atoms with Crippen LogP contribution in [0.15, 0.2) is 21.4 Å². The molecule has 0 aliphatic heterocycles. The van der Waals surface area contributed by atoms with E-state index in [2.05, 4.69) is 19.7 Å². The molecule has 1 atom stereocenters. The summed E-state index contributed by atoms with van der Waals surface area (Å²) in [4.78, 5) is 20.0. The Kier molecular flexibility index (Phi) is 3.37. The molecular weight excluding hydrogens is 276 g/mol. The summed E-state index contributed by atoms with van der Waals surface area (Å²) in [5, 5.41) is 0. The number of nitrogens with zero attached hydrogens (tertiary/aromatic N) is 1. The van der Waals surface area contributed by atoms with Gasteiger partial charge >= 0.3 is 4.87 Å². The van der Waals surface area contributed by atoms with E-state index in [-0.39, 0.29) is 4.21 Å². The van der Waals surface area contributed by atoms with Crippen molar-refractivity contribution >= 4 is 21.4 Å². The van der Waals surface area contributed by atoms with Crippen LogP contribution in [0.2, 0.25) is 0 Å². The fourth-order valence-electron chi connectivity index (χ4n) is 1.50. The average Bonchev–Trinajstić information content (AvgIpc) is 2.86. The van der Waals surface area contributed by atoms with Crippen LogP contribution in [-0.4, -0.2) is 23.4 Å². The Labute approximate surface area is 107 Å². The van der Waals surface area contributed by atoms with Crippen LogP contribution in [-0.2, 0) is 10.0 Å². The predicted octanol–water partition coefficient (Wildman–Crippen LogP) is 0.507. The highest BCUT2D eigenvalue weighted by atomic mass is 32.2. The second-order valence-electron chi connectivity index (χ2n) is 3.74. The number of aryl methyl sites for hydroxylation is 1. The molecule has 0 aliphatic rings. The minimum absolute atomic E-state index is 0.00547. The molecule has 9 heteroatoms. The van der Waals surface area contributed by atoms with E-state index in [0.717, 1.165) is 0 Å². The molecule has 0 aliphatic carbocycles. The van der Waals surface area contributed by atoms with Crippen LogP contribution in [0.4, 0.5) is 0 Å². The van der Waals surface area contributed by atoms with Crippen LogP contribution in [0.25, 0.3) is 0 Å². The van der Waals surface area contributed by atoms with Crippen LogP contribution in [0, 0.1) is 6.92 Å². The van der Waals surface area contributed by atoms with Gasteiger partial charge in [-0.05, 0) is 13.8 Å². The number of sulfonamides is 1. The van der Waals surface area contributed by atoms with Gasteiger partial charge in [-0.1, -0.05) is 11.3 Å². The number of H-pyrrole nitrogens is 2. The minimum atomic E-state index is -3.72. The molecule has 2 aromatic heterocycles. The van der Waals surface area contributed by atoms with Gasteiger partial charge in [0, 0.05) is 18.1 Å². The molecule has 18 heavy (non-hydrogen) atoms. The first-order valence-corrected chi connectivity index (χ1v) is 7.41. The van der Waals surface area contributed by atoms with Crippen molar-refractivity contribution in [2.45, 2.75) is 24.1 Å². The van der Waals surface area contributed by atoms with Crippen LogP contribution in [0.1, 0.15) is 24.5 Å². The molecule has 0 bridgehead atoms. The summed E-state index contributed by atoms with van der Waals surface area (Å²) < 4.78 is 26.6. The SMILES string of the molecule is Cc1[nH]c(=O)sc1S(=O)(=O)NC(C)c1ncc[nH]1. The Morgan fingerprint density at radius 1 is 1.50 bits per heavy atom. The van der Waals surface area contributed by atoms with Gasteiger partial charge in [-0.15, -0.1) is 0 Å². The summed E-state index contributed by atoms with van der Waals surface area (Å²) in [5.41, 5.74) is 0.337. The number of hydrogen-bond donors (Lipinski definition) is 3. The number of rotatable bonds is 4. The maximum Gasteiger partial charge on any atom is 0.305 e. The van der Waals surface area contributed by atoms with Crippen LogP contribution >= 0.6 is 11.3 Å². The van der Waals surface area contributed by atoms with E-state index >= 15 is 0 Å². The molecule has 0 spiro atoms. The molecule has 0 fully saturated rings. The van der Waals surface area contributed by atoms with E-state index in [4.69, 9.17) is 0 Å². The van der Waals surface area contributed by atoms with Crippen LogP contribution in [0.5, 0.6) is 0 Å². The first-order chi connectivity index (χ1) is 8.40. The van der Waals surface area contributed by atoms with Crippen molar-refractivity contribution in [1.82, 2.24) is 19.7 Å². The third kappa shape index (κ3) is 2.52. The Morgan fingerprint density at radius 3 is 2.72 bits per heavy atom. The zero-order valence-corrected chi connectivity index (χ0v) is 11.4. The third-order valence-electron chi connectivity index (χ3n) is 2.29. The standard InChI is InChI=1S/C9H12N4O3S2/c1-5(7-10-3-4-11-7)13-18(15,16)8-6(2)12-9(14)17-8/h3-5,13H,1-2H3,(H,10,11)(H,12,14). The highest BCUT2D eigenvalue weighted by molar-refractivity contribution is 7.91. The van der Waals surface area contributed by atoms with Gasteiger partial charge in [-0.3, -0.25) is 4.79 Å². The molecule has 0 saturated heterocycles. The summed E-state index contributed by atoms with van der Waals surface area (Å²) in [6, 6.07) is -0.499. The smallest absolute Gasteiger partial charge is 0.305 e. The first kappa shape index (κ1) is 13.0. The summed E-state index contributed by atoms with van der Waals surface area (Å²) in [6.45, 7) is 3.21. The van der Waals surface area contributed by atoms with E-state index in [1.165, 1.54) is 0 Å². The lowest BCUT2D eigenvalue weighted by atomic mass is 10.3. The van der Waals surface area contributed by atoms with Gasteiger partial charge in [0.2, 0.25) is 0 Å². The van der Waals surface area contributed by atoms with Crippen molar-refractivity contribution < 1.29 is 8.42 Å². The summed E-state index contributed by atoms with van der Waals surface area (Å²) in [6.07, 6.45) is 3.15. The predicted molar refractivity (Wildman–Crippen MR) is 67.0 cm³/mol. The van der Waals surface area contributed by atoms with Gasteiger partial charge in [0.15, 0.2) is 4.21 Å². The zero-order chi connectivity index (χ0) is 13.3. The molecule has 0 saturated carbocycles. The fraction of sp³-hybridized carbons (Fsp3) is 0.333. The van der Waals surface area contributed by atoms with Gasteiger partial charge < -0.3 is 9.97 Å². The molecule has 0 radical (unpaired) electrons. The Bertz CT molecular complexity index is 684. The second-order valence-corrected chi connectivity index (χ2v) is 6.64. The van der Waals surface area contributed by atoms with Crippen molar-refractivity contribution in [1.29, 1.82) is 0 Å². The van der Waals surface area contributed by atoms with Gasteiger partial charge in [-0.25, -0.2) is 18.1 Å². The highest BCUT2D eigenvalue weighted by Gasteiger charge is 2.23. The second kappa shape index (κ2) is 4.67. The first-order valence-electron chi connectivity index (χ1n) is 5.11. The van der Waals surface area contributed by atoms with Crippen molar-refractivity contribution in [3.63, 3.8) is 0 Å². The molecule has 1 unspecified atom stereocenters. The maximum atomic E-state index is 12.1. The quantitative estimate of drug-likeness (QED) is 0.761. The number of aromatic amines is 2. The lowest BCUT2D eigenvalue weighted by molar-refractivity contribution is 0.562. The van der Waals surface area contributed by atoms with Gasteiger partial charge in [0.25, 0.3) is 10.0 Å². The molecule has 2 aromatic rings. The summed E-state index contributed by atoms with van der Waals surface area (Å²) in [7, 11) is -3.72. The average molecular weight is 288 g/mol. The van der Waals surface area contributed by atoms with Crippen molar-refractivity contribution in [2.24, 2.45) is 0 Å². The molecule has 2 rings (SSSR count). The zero-order valence-electron chi connectivity index (χ0n) is 9.72. The lowest BCUT2D eigenvalue weighted by Crippen LogP contribution is -2.27. The van der Waals surface area contributed by atoms with Crippen molar-refractivity contribution in [3.8, 4) is 0 Å². The highest BCUT2D eigenvalue weighted by Crippen LogP contribution is 2.18. The van der Waals surface area contributed by atoms with Crippen molar-refractivity contribution in [3.05, 3.63) is 33.6 Å². The minimum Gasteiger partial charge on any atom is -0.347 e. The number of imidazole rings is 1.